The molecule has 1 fully saturated rings. The molecule has 2 nitrogen and oxygen atoms in total. The van der Waals surface area contributed by atoms with Gasteiger partial charge in [0.1, 0.15) is 12.4 Å². The molecule has 1 N–H and O–H groups in total. The van der Waals surface area contributed by atoms with E-state index in [0.717, 1.165) is 33.5 Å². The molecule has 0 atom stereocenters. The van der Waals surface area contributed by atoms with E-state index in [1.807, 2.05) is 42.5 Å². The molecule has 0 saturated heterocycles. The second-order valence-corrected chi connectivity index (χ2v) is 7.96. The van der Waals surface area contributed by atoms with Crippen LogP contribution in [0.2, 0.25) is 10.0 Å². The first-order valence-corrected chi connectivity index (χ1v) is 10.4. The van der Waals surface area contributed by atoms with Crippen LogP contribution in [0.1, 0.15) is 56.1 Å². The van der Waals surface area contributed by atoms with Gasteiger partial charge in [0.05, 0.1) is 0 Å². The van der Waals surface area contributed by atoms with Gasteiger partial charge < -0.3 is 10.1 Å². The van der Waals surface area contributed by atoms with Crippen LogP contribution < -0.4 is 10.1 Å². The molecule has 2 aromatic carbocycles. The molecule has 1 aliphatic rings. The Kier molecular flexibility index (Phi) is 9.78. The maximum absolute atomic E-state index is 6.22. The van der Waals surface area contributed by atoms with Crippen molar-refractivity contribution >= 4 is 35.6 Å². The lowest BCUT2D eigenvalue weighted by Crippen LogP contribution is -2.29. The van der Waals surface area contributed by atoms with Gasteiger partial charge >= 0.3 is 0 Å². The molecule has 0 amide bonds. The third-order valence-corrected chi connectivity index (χ3v) is 5.50. The Labute approximate surface area is 179 Å². The molecular weight excluding hydrogens is 401 g/mol. The van der Waals surface area contributed by atoms with Gasteiger partial charge in [-0.05, 0) is 48.7 Å². The minimum atomic E-state index is 0. The third kappa shape index (κ3) is 7.54. The molecule has 1 aliphatic carbocycles. The number of ether oxygens (including phenoxy) is 1. The summed E-state index contributed by atoms with van der Waals surface area (Å²) in [6, 6.07) is 14.2. The van der Waals surface area contributed by atoms with Crippen molar-refractivity contribution < 1.29 is 4.74 Å². The molecule has 0 aromatic heterocycles. The van der Waals surface area contributed by atoms with E-state index in [1.165, 1.54) is 44.9 Å². The van der Waals surface area contributed by atoms with E-state index in [2.05, 4.69) is 5.32 Å². The first-order valence-electron chi connectivity index (χ1n) is 9.60. The summed E-state index contributed by atoms with van der Waals surface area (Å²) in [4.78, 5) is 0. The maximum Gasteiger partial charge on any atom is 0.124 e. The zero-order valence-corrected chi connectivity index (χ0v) is 17.9. The lowest BCUT2D eigenvalue weighted by molar-refractivity contribution is 0.300. The number of hydrogen-bond donors (Lipinski definition) is 1. The Morgan fingerprint density at radius 2 is 1.48 bits per heavy atom. The second kappa shape index (κ2) is 11.8. The van der Waals surface area contributed by atoms with Crippen LogP contribution in [-0.2, 0) is 13.2 Å². The summed E-state index contributed by atoms with van der Waals surface area (Å²) in [6.45, 7) is 1.32. The molecule has 148 valence electrons. The van der Waals surface area contributed by atoms with Crippen LogP contribution in [0.25, 0.3) is 0 Å². The van der Waals surface area contributed by atoms with Crippen molar-refractivity contribution in [2.24, 2.45) is 0 Å². The summed E-state index contributed by atoms with van der Waals surface area (Å²) >= 11 is 12.2. The van der Waals surface area contributed by atoms with E-state index in [0.29, 0.717) is 12.6 Å². The lowest BCUT2D eigenvalue weighted by atomic mass is 9.96. The molecule has 0 heterocycles. The Bertz CT molecular complexity index is 682. The molecule has 1 saturated carbocycles. The van der Waals surface area contributed by atoms with Gasteiger partial charge in [-0.2, -0.15) is 0 Å². The van der Waals surface area contributed by atoms with Crippen molar-refractivity contribution in [3.8, 4) is 5.75 Å². The SMILES string of the molecule is Cl.Clc1ccc(COc2ccc(Cl)cc2CNC2CCCCCCC2)cc1. The number of halogens is 3. The van der Waals surface area contributed by atoms with Crippen molar-refractivity contribution in [2.75, 3.05) is 0 Å². The Morgan fingerprint density at radius 1 is 0.852 bits per heavy atom. The fourth-order valence-electron chi connectivity index (χ4n) is 3.48. The number of benzene rings is 2. The van der Waals surface area contributed by atoms with Crippen LogP contribution in [-0.4, -0.2) is 6.04 Å². The van der Waals surface area contributed by atoms with Crippen LogP contribution in [0, 0.1) is 0 Å². The van der Waals surface area contributed by atoms with E-state index in [9.17, 15) is 0 Å². The summed E-state index contributed by atoms with van der Waals surface area (Å²) in [5.74, 6) is 0.891. The largest absolute Gasteiger partial charge is 0.489 e. The van der Waals surface area contributed by atoms with Crippen molar-refractivity contribution in [1.29, 1.82) is 0 Å². The summed E-state index contributed by atoms with van der Waals surface area (Å²) < 4.78 is 6.06. The predicted octanol–water partition coefficient (Wildman–Crippen LogP) is 7.20. The molecule has 0 unspecified atom stereocenters. The van der Waals surface area contributed by atoms with Crippen LogP contribution in [0.3, 0.4) is 0 Å². The lowest BCUT2D eigenvalue weighted by Gasteiger charge is -2.22. The molecule has 2 aromatic rings. The fraction of sp³-hybridized carbons (Fsp3) is 0.455. The highest BCUT2D eigenvalue weighted by Gasteiger charge is 2.12. The molecule has 0 bridgehead atoms. The smallest absolute Gasteiger partial charge is 0.124 e. The third-order valence-electron chi connectivity index (χ3n) is 5.02. The van der Waals surface area contributed by atoms with E-state index < -0.39 is 0 Å². The van der Waals surface area contributed by atoms with Crippen LogP contribution in [0.15, 0.2) is 42.5 Å². The van der Waals surface area contributed by atoms with Gasteiger partial charge in [0.2, 0.25) is 0 Å². The molecular formula is C22H28Cl3NO. The molecule has 0 radical (unpaired) electrons. The fourth-order valence-corrected chi connectivity index (χ4v) is 3.80. The average Bonchev–Trinajstić information content (AvgIpc) is 2.61. The zero-order valence-electron chi connectivity index (χ0n) is 15.6. The summed E-state index contributed by atoms with van der Waals surface area (Å²) in [6.07, 6.45) is 9.31. The zero-order chi connectivity index (χ0) is 18.2. The highest BCUT2D eigenvalue weighted by Crippen LogP contribution is 2.25. The van der Waals surface area contributed by atoms with Gasteiger partial charge in [-0.1, -0.05) is 67.4 Å². The predicted molar refractivity (Wildman–Crippen MR) is 117 cm³/mol. The number of rotatable bonds is 6. The molecule has 5 heteroatoms. The highest BCUT2D eigenvalue weighted by atomic mass is 35.5. The van der Waals surface area contributed by atoms with E-state index in [-0.39, 0.29) is 12.4 Å². The van der Waals surface area contributed by atoms with Gasteiger partial charge in [0.25, 0.3) is 0 Å². The highest BCUT2D eigenvalue weighted by molar-refractivity contribution is 6.30. The molecule has 0 aliphatic heterocycles. The van der Waals surface area contributed by atoms with Crippen molar-refractivity contribution in [3.63, 3.8) is 0 Å². The second-order valence-electron chi connectivity index (χ2n) is 7.09. The van der Waals surface area contributed by atoms with Crippen LogP contribution >= 0.6 is 35.6 Å². The minimum Gasteiger partial charge on any atom is -0.489 e. The van der Waals surface area contributed by atoms with Gasteiger partial charge in [0.15, 0.2) is 0 Å². The first-order chi connectivity index (χ1) is 12.7. The van der Waals surface area contributed by atoms with Crippen LogP contribution in [0.4, 0.5) is 0 Å². The molecule has 3 rings (SSSR count). The monoisotopic (exact) mass is 427 g/mol. The van der Waals surface area contributed by atoms with Crippen LogP contribution in [0.5, 0.6) is 5.75 Å². The maximum atomic E-state index is 6.22. The van der Waals surface area contributed by atoms with Gasteiger partial charge in [0, 0.05) is 28.2 Å². The van der Waals surface area contributed by atoms with E-state index in [4.69, 9.17) is 27.9 Å². The van der Waals surface area contributed by atoms with E-state index in [1.54, 1.807) is 0 Å². The standard InChI is InChI=1S/C22H27Cl2NO.ClH/c23-19-10-8-17(9-11-19)16-26-22-13-12-20(24)14-18(22)15-25-21-6-4-2-1-3-5-7-21;/h8-14,21,25H,1-7,15-16H2;1H. The average molecular weight is 429 g/mol. The van der Waals surface area contributed by atoms with Crippen molar-refractivity contribution in [1.82, 2.24) is 5.32 Å². The molecule has 27 heavy (non-hydrogen) atoms. The minimum absolute atomic E-state index is 0. The number of nitrogens with one attached hydrogen (secondary N) is 1. The first kappa shape index (κ1) is 22.4. The van der Waals surface area contributed by atoms with Gasteiger partial charge in [-0.3, -0.25) is 0 Å². The quantitative estimate of drug-likeness (QED) is 0.525. The normalized spacial score (nSPS) is 15.5. The van der Waals surface area contributed by atoms with Crippen molar-refractivity contribution in [3.05, 3.63) is 63.6 Å². The summed E-state index contributed by atoms with van der Waals surface area (Å²) in [7, 11) is 0. The Balaban J connectivity index is 0.00000261. The Morgan fingerprint density at radius 3 is 2.19 bits per heavy atom. The Hall–Kier alpha value is -0.930. The topological polar surface area (TPSA) is 21.3 Å². The van der Waals surface area contributed by atoms with E-state index >= 15 is 0 Å². The van der Waals surface area contributed by atoms with Gasteiger partial charge in [-0.15, -0.1) is 12.4 Å². The van der Waals surface area contributed by atoms with Gasteiger partial charge in [-0.25, -0.2) is 0 Å². The molecule has 0 spiro atoms. The van der Waals surface area contributed by atoms with Crippen molar-refractivity contribution in [2.45, 2.75) is 64.1 Å². The number of hydrogen-bond acceptors (Lipinski definition) is 2. The summed E-state index contributed by atoms with van der Waals surface area (Å²) in [5.41, 5.74) is 2.22. The summed E-state index contributed by atoms with van der Waals surface area (Å²) in [5, 5.41) is 5.21.